The molecule has 0 aromatic heterocycles. The molecule has 14 heavy (non-hydrogen) atoms. The highest BCUT2D eigenvalue weighted by Crippen LogP contribution is 2.35. The number of hydrogen-bond acceptors (Lipinski definition) is 2. The lowest BCUT2D eigenvalue weighted by molar-refractivity contribution is 0.289. The Hall–Kier alpha value is -1.02. The summed E-state index contributed by atoms with van der Waals surface area (Å²) in [5.74, 6) is 0.366. The highest BCUT2D eigenvalue weighted by molar-refractivity contribution is 5.37. The van der Waals surface area contributed by atoms with Gasteiger partial charge in [0.1, 0.15) is 5.75 Å². The van der Waals surface area contributed by atoms with Crippen LogP contribution in [0.1, 0.15) is 24.5 Å². The van der Waals surface area contributed by atoms with Crippen molar-refractivity contribution >= 4 is 0 Å². The van der Waals surface area contributed by atoms with Gasteiger partial charge < -0.3 is 10.8 Å². The van der Waals surface area contributed by atoms with E-state index in [1.807, 2.05) is 12.1 Å². The first-order valence-corrected chi connectivity index (χ1v) is 5.14. The highest BCUT2D eigenvalue weighted by Gasteiger charge is 2.28. The van der Waals surface area contributed by atoms with E-state index >= 15 is 0 Å². The van der Waals surface area contributed by atoms with Gasteiger partial charge in [-0.25, -0.2) is 0 Å². The van der Waals surface area contributed by atoms with Crippen molar-refractivity contribution in [3.63, 3.8) is 0 Å². The van der Waals surface area contributed by atoms with Gasteiger partial charge in [0.2, 0.25) is 0 Å². The SMILES string of the molecule is CC1(CN)CCc2ccc(O)cc2C1. The van der Waals surface area contributed by atoms with Gasteiger partial charge in [-0.05, 0) is 54.5 Å². The Morgan fingerprint density at radius 2 is 2.21 bits per heavy atom. The van der Waals surface area contributed by atoms with Gasteiger partial charge in [-0.3, -0.25) is 0 Å². The lowest BCUT2D eigenvalue weighted by atomic mass is 9.73. The molecule has 0 amide bonds. The van der Waals surface area contributed by atoms with E-state index in [9.17, 15) is 5.11 Å². The summed E-state index contributed by atoms with van der Waals surface area (Å²) in [6.07, 6.45) is 3.23. The van der Waals surface area contributed by atoms with Crippen LogP contribution < -0.4 is 5.73 Å². The standard InChI is InChI=1S/C12H17NO/c1-12(8-13)5-4-9-2-3-11(14)6-10(9)7-12/h2-3,6,14H,4-5,7-8,13H2,1H3. The third-order valence-electron chi connectivity index (χ3n) is 3.30. The number of nitrogens with two attached hydrogens (primary N) is 1. The van der Waals surface area contributed by atoms with Crippen molar-refractivity contribution in [3.8, 4) is 5.75 Å². The van der Waals surface area contributed by atoms with Gasteiger partial charge in [-0.15, -0.1) is 0 Å². The Morgan fingerprint density at radius 3 is 2.93 bits per heavy atom. The quantitative estimate of drug-likeness (QED) is 0.711. The maximum Gasteiger partial charge on any atom is 0.115 e. The molecule has 1 aliphatic carbocycles. The fourth-order valence-corrected chi connectivity index (χ4v) is 2.18. The second-order valence-corrected chi connectivity index (χ2v) is 4.64. The number of hydrogen-bond donors (Lipinski definition) is 2. The number of benzene rings is 1. The summed E-state index contributed by atoms with van der Waals surface area (Å²) in [5, 5.41) is 9.40. The maximum atomic E-state index is 9.40. The van der Waals surface area contributed by atoms with Crippen LogP contribution >= 0.6 is 0 Å². The molecule has 0 saturated heterocycles. The van der Waals surface area contributed by atoms with Crippen molar-refractivity contribution in [1.82, 2.24) is 0 Å². The van der Waals surface area contributed by atoms with Crippen LogP contribution in [0.4, 0.5) is 0 Å². The molecule has 0 radical (unpaired) electrons. The smallest absolute Gasteiger partial charge is 0.115 e. The second-order valence-electron chi connectivity index (χ2n) is 4.64. The van der Waals surface area contributed by atoms with Crippen LogP contribution in [0.25, 0.3) is 0 Å². The summed E-state index contributed by atoms with van der Waals surface area (Å²) in [6.45, 7) is 2.95. The molecule has 2 rings (SSSR count). The fraction of sp³-hybridized carbons (Fsp3) is 0.500. The predicted octanol–water partition coefficient (Wildman–Crippen LogP) is 1.85. The predicted molar refractivity (Wildman–Crippen MR) is 57.3 cm³/mol. The largest absolute Gasteiger partial charge is 0.508 e. The van der Waals surface area contributed by atoms with Gasteiger partial charge in [0.15, 0.2) is 0 Å². The molecule has 0 spiro atoms. The summed E-state index contributed by atoms with van der Waals surface area (Å²) < 4.78 is 0. The van der Waals surface area contributed by atoms with Crippen molar-refractivity contribution in [2.45, 2.75) is 26.2 Å². The van der Waals surface area contributed by atoms with Crippen molar-refractivity contribution in [1.29, 1.82) is 0 Å². The molecule has 1 aliphatic rings. The van der Waals surface area contributed by atoms with Crippen LogP contribution in [-0.4, -0.2) is 11.7 Å². The molecular weight excluding hydrogens is 174 g/mol. The highest BCUT2D eigenvalue weighted by atomic mass is 16.3. The second kappa shape index (κ2) is 3.28. The molecule has 1 aromatic rings. The summed E-state index contributed by atoms with van der Waals surface area (Å²) >= 11 is 0. The Morgan fingerprint density at radius 1 is 1.43 bits per heavy atom. The van der Waals surface area contributed by atoms with Crippen LogP contribution in [0.2, 0.25) is 0 Å². The summed E-state index contributed by atoms with van der Waals surface area (Å²) in [5.41, 5.74) is 8.63. The summed E-state index contributed by atoms with van der Waals surface area (Å²) in [4.78, 5) is 0. The fourth-order valence-electron chi connectivity index (χ4n) is 2.18. The normalized spacial score (nSPS) is 25.9. The van der Waals surface area contributed by atoms with Crippen LogP contribution in [0.5, 0.6) is 5.75 Å². The van der Waals surface area contributed by atoms with E-state index in [2.05, 4.69) is 6.92 Å². The Balaban J connectivity index is 2.33. The summed E-state index contributed by atoms with van der Waals surface area (Å²) in [6, 6.07) is 5.67. The molecule has 0 heterocycles. The third-order valence-corrected chi connectivity index (χ3v) is 3.30. The minimum Gasteiger partial charge on any atom is -0.508 e. The van der Waals surface area contributed by atoms with E-state index in [-0.39, 0.29) is 5.41 Å². The van der Waals surface area contributed by atoms with Crippen LogP contribution in [0.3, 0.4) is 0 Å². The van der Waals surface area contributed by atoms with Crippen molar-refractivity contribution < 1.29 is 5.11 Å². The minimum absolute atomic E-state index is 0.223. The maximum absolute atomic E-state index is 9.40. The van der Waals surface area contributed by atoms with Crippen LogP contribution in [0, 0.1) is 5.41 Å². The molecule has 76 valence electrons. The molecule has 2 nitrogen and oxygen atoms in total. The van der Waals surface area contributed by atoms with Gasteiger partial charge in [0.25, 0.3) is 0 Å². The first-order chi connectivity index (χ1) is 6.63. The van der Waals surface area contributed by atoms with E-state index in [0.717, 1.165) is 25.8 Å². The lowest BCUT2D eigenvalue weighted by Crippen LogP contribution is -2.33. The molecule has 0 bridgehead atoms. The molecular formula is C12H17NO. The number of aryl methyl sites for hydroxylation is 1. The molecule has 0 aliphatic heterocycles. The molecule has 2 heteroatoms. The average Bonchev–Trinajstić information content (AvgIpc) is 2.17. The molecule has 1 aromatic carbocycles. The van der Waals surface area contributed by atoms with Crippen molar-refractivity contribution in [3.05, 3.63) is 29.3 Å². The number of phenolic OH excluding ortho intramolecular Hbond substituents is 1. The Labute approximate surface area is 84.7 Å². The van der Waals surface area contributed by atoms with Crippen molar-refractivity contribution in [2.24, 2.45) is 11.1 Å². The minimum atomic E-state index is 0.223. The first-order valence-electron chi connectivity index (χ1n) is 5.14. The monoisotopic (exact) mass is 191 g/mol. The van der Waals surface area contributed by atoms with E-state index < -0.39 is 0 Å². The zero-order chi connectivity index (χ0) is 10.2. The van der Waals surface area contributed by atoms with E-state index in [0.29, 0.717) is 5.75 Å². The number of aromatic hydroxyl groups is 1. The van der Waals surface area contributed by atoms with Crippen molar-refractivity contribution in [2.75, 3.05) is 6.54 Å². The third kappa shape index (κ3) is 1.62. The number of fused-ring (bicyclic) bond motifs is 1. The van der Waals surface area contributed by atoms with E-state index in [1.54, 1.807) is 6.07 Å². The topological polar surface area (TPSA) is 46.2 Å². The number of rotatable bonds is 1. The first kappa shape index (κ1) is 9.53. The van der Waals surface area contributed by atoms with Gasteiger partial charge in [-0.1, -0.05) is 13.0 Å². The van der Waals surface area contributed by atoms with Crippen LogP contribution in [0.15, 0.2) is 18.2 Å². The zero-order valence-corrected chi connectivity index (χ0v) is 8.59. The molecule has 3 N–H and O–H groups in total. The van der Waals surface area contributed by atoms with Crippen LogP contribution in [-0.2, 0) is 12.8 Å². The number of phenols is 1. The molecule has 1 atom stereocenters. The Bertz CT molecular complexity index is 348. The van der Waals surface area contributed by atoms with Gasteiger partial charge >= 0.3 is 0 Å². The molecule has 1 unspecified atom stereocenters. The van der Waals surface area contributed by atoms with Gasteiger partial charge in [-0.2, -0.15) is 0 Å². The molecule has 0 saturated carbocycles. The van der Waals surface area contributed by atoms with E-state index in [1.165, 1.54) is 11.1 Å². The molecule has 0 fully saturated rings. The zero-order valence-electron chi connectivity index (χ0n) is 8.59. The lowest BCUT2D eigenvalue weighted by Gasteiger charge is -2.33. The Kier molecular flexibility index (Phi) is 2.23. The average molecular weight is 191 g/mol. The summed E-state index contributed by atoms with van der Waals surface area (Å²) in [7, 11) is 0. The van der Waals surface area contributed by atoms with Gasteiger partial charge in [0.05, 0.1) is 0 Å². The van der Waals surface area contributed by atoms with E-state index in [4.69, 9.17) is 5.73 Å². The van der Waals surface area contributed by atoms with Gasteiger partial charge in [0, 0.05) is 0 Å².